The molecule has 190 valence electrons. The number of aromatic nitrogens is 4. The maximum Gasteiger partial charge on any atom is 0.335 e. The minimum atomic E-state index is -1.14. The number of halogens is 1. The number of hydrogen-bond acceptors (Lipinski definition) is 6. The molecule has 11 heteroatoms. The number of nitrogens with zero attached hydrogens (tertiary/aromatic N) is 4. The Balaban J connectivity index is 1.74. The van der Waals surface area contributed by atoms with E-state index >= 15 is 0 Å². The molecule has 0 fully saturated rings. The number of hydrogen-bond donors (Lipinski definition) is 2. The van der Waals surface area contributed by atoms with E-state index in [1.165, 1.54) is 11.5 Å². The van der Waals surface area contributed by atoms with E-state index in [-0.39, 0.29) is 18.7 Å². The van der Waals surface area contributed by atoms with Gasteiger partial charge in [-0.05, 0) is 41.5 Å². The van der Waals surface area contributed by atoms with Gasteiger partial charge in [0.25, 0.3) is 0 Å². The number of nitrogens with one attached hydrogen (secondary N) is 1. The minimum absolute atomic E-state index is 0.0172. The summed E-state index contributed by atoms with van der Waals surface area (Å²) in [6.45, 7) is 0.487. The quantitative estimate of drug-likeness (QED) is 0.360. The number of pyridine rings is 1. The predicted octanol–water partition coefficient (Wildman–Crippen LogP) is 3.00. The number of aliphatic carboxylic acids is 1. The topological polar surface area (TPSA) is 132 Å². The van der Waals surface area contributed by atoms with E-state index in [0.717, 1.165) is 4.57 Å². The highest BCUT2D eigenvalue weighted by atomic mass is 19.1. The lowest BCUT2D eigenvalue weighted by molar-refractivity contribution is -0.141. The van der Waals surface area contributed by atoms with Crippen molar-refractivity contribution in [2.45, 2.75) is 26.7 Å². The predicted molar refractivity (Wildman–Crippen MR) is 132 cm³/mol. The number of aromatic amines is 1. The van der Waals surface area contributed by atoms with E-state index in [2.05, 4.69) is 15.0 Å². The Morgan fingerprint density at radius 3 is 2.38 bits per heavy atom. The molecule has 4 aromatic rings. The summed E-state index contributed by atoms with van der Waals surface area (Å²) in [5, 5.41) is 9.25. The van der Waals surface area contributed by atoms with Crippen molar-refractivity contribution in [1.29, 1.82) is 0 Å². The minimum Gasteiger partial charge on any atom is -0.481 e. The number of ether oxygens (including phenoxy) is 1. The van der Waals surface area contributed by atoms with Crippen molar-refractivity contribution in [3.63, 3.8) is 0 Å². The van der Waals surface area contributed by atoms with E-state index in [0.29, 0.717) is 28.4 Å². The zero-order chi connectivity index (χ0) is 26.4. The Morgan fingerprint density at radius 2 is 1.76 bits per heavy atom. The van der Waals surface area contributed by atoms with E-state index in [1.807, 2.05) is 0 Å². The largest absolute Gasteiger partial charge is 0.481 e. The van der Waals surface area contributed by atoms with Gasteiger partial charge in [-0.1, -0.05) is 37.3 Å². The molecule has 1 atom stereocenters. The molecule has 0 saturated heterocycles. The standard InChI is InChI=1S/C26H24FN5O5/c1-17(23(33)34)15-32-25(35)30-24(31(26(32)36)16-19-7-5-18(14-27)6-8-19)29-20-9-11-21(12-10-20)37-22-4-2-3-13-28-22/h2-13,17H,14-16H2,1H3,(H,33,34)(H,29,30,35)/t17-/m0/s1. The maximum atomic E-state index is 13.3. The SMILES string of the molecule is C[C@@H](Cn1c(=O)[nH]/c(=N\c2ccc(Oc3ccccn3)cc2)n(Cc2ccc(CF)cc2)c1=O)C(=O)O. The van der Waals surface area contributed by atoms with Gasteiger partial charge < -0.3 is 9.84 Å². The monoisotopic (exact) mass is 505 g/mol. The number of rotatable bonds is 9. The Hall–Kier alpha value is -4.80. The van der Waals surface area contributed by atoms with Crippen LogP contribution in [0.2, 0.25) is 0 Å². The van der Waals surface area contributed by atoms with Crippen molar-refractivity contribution >= 4 is 11.7 Å². The summed E-state index contributed by atoms with van der Waals surface area (Å²) in [7, 11) is 0. The van der Waals surface area contributed by atoms with Crippen LogP contribution in [-0.4, -0.2) is 30.2 Å². The molecular formula is C26H24FN5O5. The van der Waals surface area contributed by atoms with Gasteiger partial charge in [-0.2, -0.15) is 0 Å². The van der Waals surface area contributed by atoms with E-state index in [1.54, 1.807) is 72.9 Å². The molecule has 2 aromatic carbocycles. The van der Waals surface area contributed by atoms with Crippen LogP contribution in [0.1, 0.15) is 18.1 Å². The molecule has 4 rings (SSSR count). The normalized spacial score (nSPS) is 12.3. The van der Waals surface area contributed by atoms with Crippen LogP contribution in [0.5, 0.6) is 11.6 Å². The molecule has 0 amide bonds. The second-order valence-electron chi connectivity index (χ2n) is 8.30. The van der Waals surface area contributed by atoms with Crippen molar-refractivity contribution in [3.05, 3.63) is 111 Å². The molecular weight excluding hydrogens is 481 g/mol. The van der Waals surface area contributed by atoms with Crippen molar-refractivity contribution in [2.75, 3.05) is 0 Å². The van der Waals surface area contributed by atoms with Gasteiger partial charge in [0.05, 0.1) is 18.2 Å². The average molecular weight is 506 g/mol. The molecule has 0 aliphatic rings. The van der Waals surface area contributed by atoms with Crippen molar-refractivity contribution in [3.8, 4) is 11.6 Å². The molecule has 2 heterocycles. The van der Waals surface area contributed by atoms with Gasteiger partial charge in [0.1, 0.15) is 12.4 Å². The molecule has 0 bridgehead atoms. The molecule has 37 heavy (non-hydrogen) atoms. The highest BCUT2D eigenvalue weighted by molar-refractivity contribution is 5.69. The highest BCUT2D eigenvalue weighted by Crippen LogP contribution is 2.22. The fourth-order valence-corrected chi connectivity index (χ4v) is 3.45. The van der Waals surface area contributed by atoms with Gasteiger partial charge in [-0.25, -0.2) is 28.5 Å². The number of carboxylic acids is 1. The summed E-state index contributed by atoms with van der Waals surface area (Å²) in [4.78, 5) is 48.5. The summed E-state index contributed by atoms with van der Waals surface area (Å²) in [5.74, 6) is -1.16. The van der Waals surface area contributed by atoms with Gasteiger partial charge in [0, 0.05) is 18.8 Å². The Morgan fingerprint density at radius 1 is 1.05 bits per heavy atom. The third kappa shape index (κ3) is 6.26. The Bertz CT molecular complexity index is 1560. The molecule has 0 aliphatic heterocycles. The van der Waals surface area contributed by atoms with Crippen LogP contribution < -0.4 is 21.7 Å². The van der Waals surface area contributed by atoms with Crippen LogP contribution in [0.25, 0.3) is 0 Å². The summed E-state index contributed by atoms with van der Waals surface area (Å²) >= 11 is 0. The first-order valence-corrected chi connectivity index (χ1v) is 11.4. The first-order chi connectivity index (χ1) is 17.8. The lowest BCUT2D eigenvalue weighted by Gasteiger charge is -2.13. The molecule has 10 nitrogen and oxygen atoms in total. The molecule has 2 aromatic heterocycles. The first-order valence-electron chi connectivity index (χ1n) is 11.4. The zero-order valence-corrected chi connectivity index (χ0v) is 19.9. The van der Waals surface area contributed by atoms with Crippen LogP contribution in [-0.2, 0) is 24.6 Å². The maximum absolute atomic E-state index is 13.3. The second-order valence-corrected chi connectivity index (χ2v) is 8.30. The zero-order valence-electron chi connectivity index (χ0n) is 19.9. The Kier molecular flexibility index (Phi) is 7.72. The number of benzene rings is 2. The van der Waals surface area contributed by atoms with E-state index in [4.69, 9.17) is 4.74 Å². The van der Waals surface area contributed by atoms with Gasteiger partial charge in [0.15, 0.2) is 0 Å². The van der Waals surface area contributed by atoms with Gasteiger partial charge in [-0.3, -0.25) is 14.3 Å². The number of H-pyrrole nitrogens is 1. The fraction of sp³-hybridized carbons (Fsp3) is 0.192. The van der Waals surface area contributed by atoms with Crippen LogP contribution in [0.3, 0.4) is 0 Å². The lowest BCUT2D eigenvalue weighted by atomic mass is 10.1. The number of carbonyl (C=O) groups is 1. The van der Waals surface area contributed by atoms with Gasteiger partial charge in [0.2, 0.25) is 11.5 Å². The highest BCUT2D eigenvalue weighted by Gasteiger charge is 2.17. The number of alkyl halides is 1. The summed E-state index contributed by atoms with van der Waals surface area (Å²) in [5.41, 5.74) is 0.0561. The van der Waals surface area contributed by atoms with Crippen molar-refractivity contribution in [2.24, 2.45) is 10.9 Å². The third-order valence-electron chi connectivity index (χ3n) is 5.51. The smallest absolute Gasteiger partial charge is 0.335 e. The van der Waals surface area contributed by atoms with Gasteiger partial charge >= 0.3 is 17.3 Å². The number of carboxylic acid groups (broad SMARTS) is 1. The third-order valence-corrected chi connectivity index (χ3v) is 5.51. The van der Waals surface area contributed by atoms with Crippen LogP contribution in [0.4, 0.5) is 10.1 Å². The van der Waals surface area contributed by atoms with Crippen LogP contribution >= 0.6 is 0 Å². The Labute approximate surface area is 210 Å². The summed E-state index contributed by atoms with van der Waals surface area (Å²) < 4.78 is 20.7. The molecule has 2 N–H and O–H groups in total. The van der Waals surface area contributed by atoms with E-state index < -0.39 is 29.9 Å². The van der Waals surface area contributed by atoms with Crippen LogP contribution in [0, 0.1) is 5.92 Å². The molecule has 0 radical (unpaired) electrons. The molecule has 0 unspecified atom stereocenters. The lowest BCUT2D eigenvalue weighted by Crippen LogP contribution is -2.51. The molecule has 0 spiro atoms. The van der Waals surface area contributed by atoms with Crippen LogP contribution in [0.15, 0.2) is 87.5 Å². The average Bonchev–Trinajstić information content (AvgIpc) is 2.90. The summed E-state index contributed by atoms with van der Waals surface area (Å²) in [6.07, 6.45) is 1.61. The summed E-state index contributed by atoms with van der Waals surface area (Å²) in [6, 6.07) is 18.5. The van der Waals surface area contributed by atoms with Gasteiger partial charge in [-0.15, -0.1) is 0 Å². The second kappa shape index (κ2) is 11.3. The van der Waals surface area contributed by atoms with Crippen molar-refractivity contribution in [1.82, 2.24) is 19.1 Å². The van der Waals surface area contributed by atoms with Crippen molar-refractivity contribution < 1.29 is 19.0 Å². The van der Waals surface area contributed by atoms with E-state index in [9.17, 15) is 23.9 Å². The first kappa shape index (κ1) is 25.3. The molecule has 0 saturated carbocycles. The molecule has 0 aliphatic carbocycles. The fourth-order valence-electron chi connectivity index (χ4n) is 3.45.